The standard InChI is InChI=1S/C26H22F7N5O3/c1-13-16(4-3-5-20(13)41-2)22-18(37-24(40)23-35-11-15(27)12-36-23)6-7-38(22)21(39)9-19-17(26(31,32)33)8-14(10-34-19)25(28,29)30/h3-5,8,10-12,18,22H,6-7,9H2,1-2H3,(H,37,40)/t18-,22-/m1/s1/i2D3. The molecule has 2 amide bonds. The number of nitrogens with zero attached hydrogens (tertiary/aromatic N) is 4. The van der Waals surface area contributed by atoms with Crippen molar-refractivity contribution < 1.29 is 49.2 Å². The fourth-order valence-corrected chi connectivity index (χ4v) is 4.61. The largest absolute Gasteiger partial charge is 0.496 e. The van der Waals surface area contributed by atoms with Crippen molar-refractivity contribution in [3.05, 3.63) is 82.4 Å². The minimum atomic E-state index is -5.27. The minimum Gasteiger partial charge on any atom is -0.496 e. The van der Waals surface area contributed by atoms with Crippen LogP contribution in [-0.4, -0.2) is 51.3 Å². The predicted molar refractivity (Wildman–Crippen MR) is 128 cm³/mol. The van der Waals surface area contributed by atoms with E-state index >= 15 is 0 Å². The third-order valence-corrected chi connectivity index (χ3v) is 6.53. The molecule has 3 aromatic rings. The Kier molecular flexibility index (Phi) is 7.07. The van der Waals surface area contributed by atoms with Gasteiger partial charge in [-0.05, 0) is 36.6 Å². The quantitative estimate of drug-likeness (QED) is 0.420. The summed E-state index contributed by atoms with van der Waals surface area (Å²) in [6, 6.07) is 2.06. The van der Waals surface area contributed by atoms with Crippen molar-refractivity contribution in [2.45, 2.75) is 44.2 Å². The molecule has 3 heterocycles. The van der Waals surface area contributed by atoms with Crippen molar-refractivity contribution in [1.82, 2.24) is 25.2 Å². The van der Waals surface area contributed by atoms with E-state index in [1.165, 1.54) is 25.1 Å². The van der Waals surface area contributed by atoms with Gasteiger partial charge in [-0.1, -0.05) is 12.1 Å². The fourth-order valence-electron chi connectivity index (χ4n) is 4.61. The number of hydrogen-bond acceptors (Lipinski definition) is 6. The smallest absolute Gasteiger partial charge is 0.418 e. The van der Waals surface area contributed by atoms with E-state index < -0.39 is 78.2 Å². The van der Waals surface area contributed by atoms with Crippen molar-refractivity contribution in [3.8, 4) is 5.75 Å². The number of alkyl halides is 6. The number of aromatic nitrogens is 3. The number of nitrogens with one attached hydrogen (secondary N) is 1. The van der Waals surface area contributed by atoms with Crippen LogP contribution in [0.25, 0.3) is 0 Å². The van der Waals surface area contributed by atoms with Gasteiger partial charge in [0.2, 0.25) is 11.7 Å². The summed E-state index contributed by atoms with van der Waals surface area (Å²) >= 11 is 0. The molecule has 8 nitrogen and oxygen atoms in total. The topological polar surface area (TPSA) is 97.3 Å². The predicted octanol–water partition coefficient (Wildman–Crippen LogP) is 4.68. The summed E-state index contributed by atoms with van der Waals surface area (Å²) in [6.45, 7) is 1.34. The van der Waals surface area contributed by atoms with Gasteiger partial charge in [0.05, 0.1) is 58.9 Å². The van der Waals surface area contributed by atoms with Gasteiger partial charge in [-0.2, -0.15) is 26.3 Å². The van der Waals surface area contributed by atoms with E-state index in [-0.39, 0.29) is 42.1 Å². The first kappa shape index (κ1) is 25.7. The highest BCUT2D eigenvalue weighted by Gasteiger charge is 2.43. The fraction of sp³-hybridized carbons (Fsp3) is 0.346. The van der Waals surface area contributed by atoms with E-state index in [0.29, 0.717) is 0 Å². The Labute approximate surface area is 232 Å². The molecule has 41 heavy (non-hydrogen) atoms. The number of carbonyl (C=O) groups excluding carboxylic acids is 2. The number of benzene rings is 1. The molecule has 218 valence electrons. The second-order valence-corrected chi connectivity index (χ2v) is 9.09. The van der Waals surface area contributed by atoms with Gasteiger partial charge in [-0.15, -0.1) is 0 Å². The van der Waals surface area contributed by atoms with Gasteiger partial charge in [0.25, 0.3) is 5.91 Å². The van der Waals surface area contributed by atoms with Crippen molar-refractivity contribution in [3.63, 3.8) is 0 Å². The highest BCUT2D eigenvalue weighted by Crippen LogP contribution is 2.39. The molecule has 1 aliphatic heterocycles. The number of amides is 2. The molecule has 0 unspecified atom stereocenters. The molecule has 2 atom stereocenters. The van der Waals surface area contributed by atoms with Crippen LogP contribution in [0.3, 0.4) is 0 Å². The molecule has 0 saturated carbocycles. The number of pyridine rings is 1. The lowest BCUT2D eigenvalue weighted by Crippen LogP contribution is -2.42. The maximum atomic E-state index is 13.7. The minimum absolute atomic E-state index is 0.0414. The average molecular weight is 588 g/mol. The molecule has 1 aliphatic rings. The first-order valence-corrected chi connectivity index (χ1v) is 11.8. The van der Waals surface area contributed by atoms with Crippen LogP contribution in [0.15, 0.2) is 42.9 Å². The lowest BCUT2D eigenvalue weighted by Gasteiger charge is -2.31. The van der Waals surface area contributed by atoms with Gasteiger partial charge in [-0.25, -0.2) is 14.4 Å². The molecule has 2 aromatic heterocycles. The van der Waals surface area contributed by atoms with Crippen LogP contribution in [0.2, 0.25) is 0 Å². The maximum Gasteiger partial charge on any atom is 0.418 e. The van der Waals surface area contributed by atoms with Crippen LogP contribution in [0.4, 0.5) is 30.7 Å². The maximum absolute atomic E-state index is 13.7. The monoisotopic (exact) mass is 588 g/mol. The van der Waals surface area contributed by atoms with Gasteiger partial charge in [0.15, 0.2) is 5.82 Å². The highest BCUT2D eigenvalue weighted by molar-refractivity contribution is 5.90. The average Bonchev–Trinajstić information content (AvgIpc) is 3.31. The number of likely N-dealkylation sites (tertiary alicyclic amines) is 1. The lowest BCUT2D eigenvalue weighted by molar-refractivity contribution is -0.144. The molecule has 1 N–H and O–H groups in total. The van der Waals surface area contributed by atoms with Crippen molar-refractivity contribution in [2.75, 3.05) is 13.6 Å². The van der Waals surface area contributed by atoms with E-state index in [4.69, 9.17) is 8.85 Å². The summed E-state index contributed by atoms with van der Waals surface area (Å²) in [6.07, 6.45) is -9.69. The van der Waals surface area contributed by atoms with E-state index in [1.54, 1.807) is 0 Å². The number of rotatable bonds is 6. The molecule has 0 bridgehead atoms. The van der Waals surface area contributed by atoms with Crippen LogP contribution in [0, 0.1) is 12.7 Å². The Morgan fingerprint density at radius 2 is 1.80 bits per heavy atom. The molecule has 0 radical (unpaired) electrons. The van der Waals surface area contributed by atoms with Crippen LogP contribution in [0.1, 0.15) is 55.1 Å². The Morgan fingerprint density at radius 3 is 2.44 bits per heavy atom. The van der Waals surface area contributed by atoms with E-state index in [9.17, 15) is 40.3 Å². The first-order chi connectivity index (χ1) is 20.3. The molecule has 1 aromatic carbocycles. The first-order valence-electron chi connectivity index (χ1n) is 13.3. The molecule has 0 spiro atoms. The summed E-state index contributed by atoms with van der Waals surface area (Å²) in [4.78, 5) is 38.0. The van der Waals surface area contributed by atoms with Crippen LogP contribution >= 0.6 is 0 Å². The van der Waals surface area contributed by atoms with E-state index in [2.05, 4.69) is 20.3 Å². The normalized spacial score (nSPS) is 18.8. The Morgan fingerprint density at radius 1 is 1.10 bits per heavy atom. The SMILES string of the molecule is [2H]C([2H])([2H])Oc1cccc([C@@H]2[C@H](NC(=O)c3ncc(F)cn3)CCN2C(=O)Cc2ncc(C(F)(F)F)cc2C(F)(F)F)c1C. The number of hydrogen-bond donors (Lipinski definition) is 1. The Balaban J connectivity index is 1.72. The zero-order valence-corrected chi connectivity index (χ0v) is 21.0. The van der Waals surface area contributed by atoms with Gasteiger partial charge in [0.1, 0.15) is 5.75 Å². The molecular formula is C26H22F7N5O3. The molecule has 4 rings (SSSR count). The Bertz CT molecular complexity index is 1550. The van der Waals surface area contributed by atoms with Gasteiger partial charge in [-0.3, -0.25) is 14.6 Å². The van der Waals surface area contributed by atoms with E-state index in [0.717, 1.165) is 17.3 Å². The zero-order valence-electron chi connectivity index (χ0n) is 24.0. The summed E-state index contributed by atoms with van der Waals surface area (Å²) in [5, 5.41) is 2.61. The molecular weight excluding hydrogens is 563 g/mol. The number of carbonyl (C=O) groups is 2. The molecule has 1 saturated heterocycles. The molecule has 0 aliphatic carbocycles. The van der Waals surface area contributed by atoms with Crippen LogP contribution in [-0.2, 0) is 23.6 Å². The Hall–Kier alpha value is -4.30. The van der Waals surface area contributed by atoms with Gasteiger partial charge < -0.3 is 15.0 Å². The zero-order chi connectivity index (χ0) is 32.6. The number of methoxy groups -OCH3 is 1. The summed E-state index contributed by atoms with van der Waals surface area (Å²) in [7, 11) is -2.86. The molecule has 1 fully saturated rings. The third-order valence-electron chi connectivity index (χ3n) is 6.53. The highest BCUT2D eigenvalue weighted by atomic mass is 19.4. The summed E-state index contributed by atoms with van der Waals surface area (Å²) in [5.74, 6) is -3.17. The lowest BCUT2D eigenvalue weighted by atomic mass is 9.94. The van der Waals surface area contributed by atoms with E-state index in [1.807, 2.05) is 0 Å². The number of ether oxygens (including phenoxy) is 1. The van der Waals surface area contributed by atoms with Crippen molar-refractivity contribution >= 4 is 11.8 Å². The molecule has 15 heteroatoms. The summed E-state index contributed by atoms with van der Waals surface area (Å²) in [5.41, 5.74) is -3.84. The second kappa shape index (κ2) is 11.3. The third kappa shape index (κ3) is 6.38. The van der Waals surface area contributed by atoms with Crippen molar-refractivity contribution in [2.24, 2.45) is 0 Å². The summed E-state index contributed by atoms with van der Waals surface area (Å²) < 4.78 is 121. The second-order valence-electron chi connectivity index (χ2n) is 9.09. The van der Waals surface area contributed by atoms with Crippen LogP contribution < -0.4 is 10.1 Å². The van der Waals surface area contributed by atoms with Crippen LogP contribution in [0.5, 0.6) is 5.75 Å². The van der Waals surface area contributed by atoms with Gasteiger partial charge in [0, 0.05) is 12.7 Å². The van der Waals surface area contributed by atoms with Gasteiger partial charge >= 0.3 is 12.4 Å². The number of halogens is 7. The van der Waals surface area contributed by atoms with Crippen molar-refractivity contribution in [1.29, 1.82) is 0 Å².